The van der Waals surface area contributed by atoms with Crippen molar-refractivity contribution >= 4 is 29.0 Å². The fourth-order valence-corrected chi connectivity index (χ4v) is 3.80. The lowest BCUT2D eigenvalue weighted by Gasteiger charge is -2.17. The zero-order chi connectivity index (χ0) is 13.0. The molecule has 2 nitrogen and oxygen atoms in total. The Labute approximate surface area is 115 Å². The van der Waals surface area contributed by atoms with Crippen LogP contribution in [0.3, 0.4) is 0 Å². The molecular formula is C14H15NOS2. The number of thioether (sulfide) groups is 1. The number of carbonyl (C=O) groups excluding carboxylic acids is 1. The van der Waals surface area contributed by atoms with Crippen molar-refractivity contribution in [1.82, 2.24) is 0 Å². The van der Waals surface area contributed by atoms with Gasteiger partial charge in [-0.2, -0.15) is 0 Å². The van der Waals surface area contributed by atoms with Gasteiger partial charge in [-0.3, -0.25) is 4.79 Å². The van der Waals surface area contributed by atoms with E-state index >= 15 is 0 Å². The highest BCUT2D eigenvalue weighted by atomic mass is 32.2. The monoisotopic (exact) mass is 277 g/mol. The smallest absolute Gasteiger partial charge is 0.235 e. The van der Waals surface area contributed by atoms with Crippen LogP contribution in [0.2, 0.25) is 0 Å². The van der Waals surface area contributed by atoms with Crippen LogP contribution in [0.1, 0.15) is 27.9 Å². The normalized spacial score (nSPS) is 14.1. The van der Waals surface area contributed by atoms with Gasteiger partial charge in [0.15, 0.2) is 0 Å². The van der Waals surface area contributed by atoms with Gasteiger partial charge in [0.25, 0.3) is 0 Å². The molecule has 2 N–H and O–H groups in total. The van der Waals surface area contributed by atoms with E-state index < -0.39 is 0 Å². The average Bonchev–Trinajstić information content (AvgIpc) is 2.90. The Morgan fingerprint density at radius 2 is 1.94 bits per heavy atom. The van der Waals surface area contributed by atoms with Crippen LogP contribution in [0, 0.1) is 0 Å². The van der Waals surface area contributed by atoms with E-state index in [1.165, 1.54) is 4.88 Å². The van der Waals surface area contributed by atoms with Crippen LogP contribution in [-0.4, -0.2) is 5.91 Å². The van der Waals surface area contributed by atoms with E-state index in [-0.39, 0.29) is 16.4 Å². The molecule has 0 aliphatic rings. The summed E-state index contributed by atoms with van der Waals surface area (Å²) in [5.74, 6) is -0.283. The molecule has 2 atom stereocenters. The van der Waals surface area contributed by atoms with E-state index in [4.69, 9.17) is 5.73 Å². The maximum absolute atomic E-state index is 11.6. The minimum atomic E-state index is -0.289. The van der Waals surface area contributed by atoms with Gasteiger partial charge in [-0.25, -0.2) is 0 Å². The van der Waals surface area contributed by atoms with E-state index in [1.54, 1.807) is 23.1 Å². The summed E-state index contributed by atoms with van der Waals surface area (Å²) in [4.78, 5) is 12.9. The number of primary amides is 1. The molecule has 94 valence electrons. The zero-order valence-electron chi connectivity index (χ0n) is 10.1. The van der Waals surface area contributed by atoms with Crippen molar-refractivity contribution in [3.05, 3.63) is 58.3 Å². The van der Waals surface area contributed by atoms with Gasteiger partial charge in [-0.1, -0.05) is 36.4 Å². The Morgan fingerprint density at radius 1 is 1.22 bits per heavy atom. The van der Waals surface area contributed by atoms with Gasteiger partial charge in [0.2, 0.25) is 5.91 Å². The summed E-state index contributed by atoms with van der Waals surface area (Å²) >= 11 is 3.31. The van der Waals surface area contributed by atoms with Gasteiger partial charge >= 0.3 is 0 Å². The van der Waals surface area contributed by atoms with Gasteiger partial charge in [-0.15, -0.1) is 23.1 Å². The van der Waals surface area contributed by atoms with Gasteiger partial charge < -0.3 is 5.73 Å². The number of thiophene rings is 1. The first-order valence-electron chi connectivity index (χ1n) is 5.71. The Bertz CT molecular complexity index is 496. The third-order valence-corrected chi connectivity index (χ3v) is 5.29. The van der Waals surface area contributed by atoms with Crippen molar-refractivity contribution in [2.24, 2.45) is 5.73 Å². The highest BCUT2D eigenvalue weighted by molar-refractivity contribution is 8.00. The van der Waals surface area contributed by atoms with Crippen molar-refractivity contribution < 1.29 is 4.79 Å². The van der Waals surface area contributed by atoms with Crippen molar-refractivity contribution in [3.63, 3.8) is 0 Å². The summed E-state index contributed by atoms with van der Waals surface area (Å²) in [7, 11) is 0. The number of rotatable bonds is 5. The fourth-order valence-electron chi connectivity index (χ4n) is 1.73. The maximum Gasteiger partial charge on any atom is 0.235 e. The van der Waals surface area contributed by atoms with Crippen LogP contribution in [-0.2, 0) is 4.79 Å². The predicted octanol–water partition coefficient (Wildman–Crippen LogP) is 3.77. The van der Waals surface area contributed by atoms with E-state index in [1.807, 2.05) is 41.8 Å². The van der Waals surface area contributed by atoms with E-state index in [0.717, 1.165) is 5.56 Å². The number of hydrogen-bond donors (Lipinski definition) is 1. The summed E-state index contributed by atoms with van der Waals surface area (Å²) in [6.07, 6.45) is 0. The summed E-state index contributed by atoms with van der Waals surface area (Å²) in [5, 5.41) is 2.03. The summed E-state index contributed by atoms with van der Waals surface area (Å²) in [6, 6.07) is 13.8. The van der Waals surface area contributed by atoms with Crippen molar-refractivity contribution in [2.75, 3.05) is 0 Å². The van der Waals surface area contributed by atoms with Gasteiger partial charge in [0.1, 0.15) is 5.25 Å². The molecule has 0 unspecified atom stereocenters. The Kier molecular flexibility index (Phi) is 4.44. The zero-order valence-corrected chi connectivity index (χ0v) is 11.7. The number of nitrogens with two attached hydrogens (primary N) is 1. The van der Waals surface area contributed by atoms with E-state index in [9.17, 15) is 4.79 Å². The molecule has 0 fully saturated rings. The first-order valence-corrected chi connectivity index (χ1v) is 7.54. The van der Waals surface area contributed by atoms with Gasteiger partial charge in [0, 0.05) is 10.1 Å². The average molecular weight is 277 g/mol. The molecule has 0 spiro atoms. The van der Waals surface area contributed by atoms with Gasteiger partial charge in [0.05, 0.1) is 0 Å². The molecular weight excluding hydrogens is 262 g/mol. The SMILES string of the molecule is C[C@H](S[C@H](C(N)=O)c1ccccc1)c1cccs1. The molecule has 0 aliphatic heterocycles. The van der Waals surface area contributed by atoms with Crippen LogP contribution in [0.25, 0.3) is 0 Å². The van der Waals surface area contributed by atoms with Crippen LogP contribution >= 0.6 is 23.1 Å². The van der Waals surface area contributed by atoms with Crippen molar-refractivity contribution in [2.45, 2.75) is 17.4 Å². The predicted molar refractivity (Wildman–Crippen MR) is 78.7 cm³/mol. The second-order valence-corrected chi connectivity index (χ2v) is 6.42. The van der Waals surface area contributed by atoms with Crippen molar-refractivity contribution in [1.29, 1.82) is 0 Å². The Morgan fingerprint density at radius 3 is 2.50 bits per heavy atom. The molecule has 4 heteroatoms. The number of carbonyl (C=O) groups is 1. The molecule has 0 bridgehead atoms. The molecule has 2 rings (SSSR count). The molecule has 0 aliphatic carbocycles. The van der Waals surface area contributed by atoms with Crippen molar-refractivity contribution in [3.8, 4) is 0 Å². The lowest BCUT2D eigenvalue weighted by Crippen LogP contribution is -2.19. The minimum absolute atomic E-state index is 0.266. The highest BCUT2D eigenvalue weighted by Crippen LogP contribution is 2.41. The number of amides is 1. The largest absolute Gasteiger partial charge is 0.368 e. The molecule has 18 heavy (non-hydrogen) atoms. The first kappa shape index (κ1) is 13.2. The van der Waals surface area contributed by atoms with E-state index in [2.05, 4.69) is 13.0 Å². The van der Waals surface area contributed by atoms with Gasteiger partial charge in [-0.05, 0) is 23.9 Å². The topological polar surface area (TPSA) is 43.1 Å². The second kappa shape index (κ2) is 6.07. The molecule has 0 saturated heterocycles. The third-order valence-electron chi connectivity index (χ3n) is 2.64. The molecule has 1 heterocycles. The highest BCUT2D eigenvalue weighted by Gasteiger charge is 2.22. The first-order chi connectivity index (χ1) is 8.68. The fraction of sp³-hybridized carbons (Fsp3) is 0.214. The Hall–Kier alpha value is -1.26. The van der Waals surface area contributed by atoms with Crippen LogP contribution < -0.4 is 5.73 Å². The molecule has 0 radical (unpaired) electrons. The minimum Gasteiger partial charge on any atom is -0.368 e. The molecule has 0 saturated carbocycles. The van der Waals surface area contributed by atoms with Crippen LogP contribution in [0.4, 0.5) is 0 Å². The Balaban J connectivity index is 2.15. The maximum atomic E-state index is 11.6. The molecule has 2 aromatic rings. The number of benzene rings is 1. The second-order valence-electron chi connectivity index (χ2n) is 3.99. The van der Waals surface area contributed by atoms with Crippen LogP contribution in [0.5, 0.6) is 0 Å². The lowest BCUT2D eigenvalue weighted by molar-refractivity contribution is -0.117. The quantitative estimate of drug-likeness (QED) is 0.904. The summed E-state index contributed by atoms with van der Waals surface area (Å²) in [5.41, 5.74) is 6.48. The van der Waals surface area contributed by atoms with Crippen LogP contribution in [0.15, 0.2) is 47.8 Å². The molecule has 1 aromatic heterocycles. The van der Waals surface area contributed by atoms with E-state index in [0.29, 0.717) is 0 Å². The number of hydrogen-bond acceptors (Lipinski definition) is 3. The standard InChI is InChI=1S/C14H15NOS2/c1-10(12-8-5-9-17-12)18-13(14(15)16)11-6-3-2-4-7-11/h2-10,13H,1H3,(H2,15,16)/t10-,13-/m0/s1. The summed E-state index contributed by atoms with van der Waals surface area (Å²) in [6.45, 7) is 2.11. The molecule has 1 amide bonds. The summed E-state index contributed by atoms with van der Waals surface area (Å²) < 4.78 is 0. The molecule has 1 aromatic carbocycles. The lowest BCUT2D eigenvalue weighted by atomic mass is 10.1. The third kappa shape index (κ3) is 3.15.